The second kappa shape index (κ2) is 5.90. The SMILES string of the molecule is CNC(=O)c1cccc(NCc2ccc(I)o2)c1. The molecule has 0 aliphatic heterocycles. The molecule has 0 saturated carbocycles. The molecule has 0 aliphatic carbocycles. The van der Waals surface area contributed by atoms with Crippen LogP contribution in [0.5, 0.6) is 0 Å². The molecule has 1 heterocycles. The Kier molecular flexibility index (Phi) is 4.24. The summed E-state index contributed by atoms with van der Waals surface area (Å²) in [6.45, 7) is 0.597. The maximum absolute atomic E-state index is 11.5. The monoisotopic (exact) mass is 356 g/mol. The van der Waals surface area contributed by atoms with Crippen molar-refractivity contribution in [2.24, 2.45) is 0 Å². The van der Waals surface area contributed by atoms with Crippen LogP contribution in [0.3, 0.4) is 0 Å². The summed E-state index contributed by atoms with van der Waals surface area (Å²) in [6, 6.07) is 11.2. The number of amides is 1. The molecule has 0 spiro atoms. The van der Waals surface area contributed by atoms with Gasteiger partial charge in [-0.15, -0.1) is 0 Å². The molecule has 1 amide bonds. The van der Waals surface area contributed by atoms with Gasteiger partial charge in [0.2, 0.25) is 0 Å². The third-order valence-corrected chi connectivity index (χ3v) is 3.03. The maximum Gasteiger partial charge on any atom is 0.251 e. The molecule has 2 aromatic rings. The highest BCUT2D eigenvalue weighted by molar-refractivity contribution is 14.1. The third-order valence-electron chi connectivity index (χ3n) is 2.45. The van der Waals surface area contributed by atoms with Gasteiger partial charge in [-0.1, -0.05) is 6.07 Å². The lowest BCUT2D eigenvalue weighted by Crippen LogP contribution is -2.17. The maximum atomic E-state index is 11.5. The third kappa shape index (κ3) is 3.25. The van der Waals surface area contributed by atoms with Gasteiger partial charge in [-0.2, -0.15) is 0 Å². The van der Waals surface area contributed by atoms with Gasteiger partial charge < -0.3 is 15.1 Å². The van der Waals surface area contributed by atoms with Gasteiger partial charge in [-0.05, 0) is 52.9 Å². The van der Waals surface area contributed by atoms with Crippen molar-refractivity contribution in [2.75, 3.05) is 12.4 Å². The molecule has 2 rings (SSSR count). The summed E-state index contributed by atoms with van der Waals surface area (Å²) in [5.74, 6) is 0.774. The standard InChI is InChI=1S/C13H13IN2O2/c1-15-13(17)9-3-2-4-10(7-9)16-8-11-5-6-12(14)18-11/h2-7,16H,8H2,1H3,(H,15,17). The van der Waals surface area contributed by atoms with E-state index in [2.05, 4.69) is 33.2 Å². The summed E-state index contributed by atoms with van der Waals surface area (Å²) in [5.41, 5.74) is 1.53. The highest BCUT2D eigenvalue weighted by Crippen LogP contribution is 2.14. The minimum Gasteiger partial charge on any atom is -0.454 e. The van der Waals surface area contributed by atoms with Gasteiger partial charge in [-0.25, -0.2) is 0 Å². The van der Waals surface area contributed by atoms with Crippen molar-refractivity contribution in [1.29, 1.82) is 0 Å². The van der Waals surface area contributed by atoms with Gasteiger partial charge in [-0.3, -0.25) is 4.79 Å². The molecule has 4 nitrogen and oxygen atoms in total. The zero-order valence-corrected chi connectivity index (χ0v) is 12.0. The summed E-state index contributed by atoms with van der Waals surface area (Å²) in [5, 5.41) is 5.82. The topological polar surface area (TPSA) is 54.3 Å². The highest BCUT2D eigenvalue weighted by Gasteiger charge is 2.04. The molecule has 2 N–H and O–H groups in total. The molecule has 94 valence electrons. The number of carbonyl (C=O) groups excluding carboxylic acids is 1. The van der Waals surface area contributed by atoms with Crippen LogP contribution in [-0.4, -0.2) is 13.0 Å². The summed E-state index contributed by atoms with van der Waals surface area (Å²) in [6.07, 6.45) is 0. The highest BCUT2D eigenvalue weighted by atomic mass is 127. The van der Waals surface area contributed by atoms with Gasteiger partial charge in [0.25, 0.3) is 5.91 Å². The van der Waals surface area contributed by atoms with E-state index in [1.165, 1.54) is 0 Å². The van der Waals surface area contributed by atoms with Crippen molar-refractivity contribution in [3.8, 4) is 0 Å². The van der Waals surface area contributed by atoms with Gasteiger partial charge >= 0.3 is 0 Å². The average Bonchev–Trinajstić information content (AvgIpc) is 2.81. The van der Waals surface area contributed by atoms with Crippen molar-refractivity contribution >= 4 is 34.2 Å². The Balaban J connectivity index is 2.03. The number of anilines is 1. The smallest absolute Gasteiger partial charge is 0.251 e. The quantitative estimate of drug-likeness (QED) is 0.829. The zero-order chi connectivity index (χ0) is 13.0. The number of hydrogen-bond acceptors (Lipinski definition) is 3. The molecule has 0 unspecified atom stereocenters. The van der Waals surface area contributed by atoms with Crippen LogP contribution in [0.2, 0.25) is 0 Å². The molecular weight excluding hydrogens is 343 g/mol. The average molecular weight is 356 g/mol. The van der Waals surface area contributed by atoms with Crippen molar-refractivity contribution < 1.29 is 9.21 Å². The van der Waals surface area contributed by atoms with Crippen molar-refractivity contribution in [3.05, 3.63) is 51.5 Å². The molecule has 1 aromatic carbocycles. The Hall–Kier alpha value is -1.50. The van der Waals surface area contributed by atoms with Gasteiger partial charge in [0.05, 0.1) is 6.54 Å². The summed E-state index contributed by atoms with van der Waals surface area (Å²) in [4.78, 5) is 11.5. The van der Waals surface area contributed by atoms with Gasteiger partial charge in [0.15, 0.2) is 3.77 Å². The second-order valence-corrected chi connectivity index (χ2v) is 4.78. The first-order valence-electron chi connectivity index (χ1n) is 5.49. The molecular formula is C13H13IN2O2. The number of halogens is 1. The fourth-order valence-corrected chi connectivity index (χ4v) is 2.01. The van der Waals surface area contributed by atoms with Gasteiger partial charge in [0.1, 0.15) is 5.76 Å². The Bertz CT molecular complexity index is 551. The lowest BCUT2D eigenvalue weighted by atomic mass is 10.2. The Morgan fingerprint density at radius 2 is 2.17 bits per heavy atom. The lowest BCUT2D eigenvalue weighted by Gasteiger charge is -2.06. The number of furan rings is 1. The number of nitrogens with one attached hydrogen (secondary N) is 2. The Morgan fingerprint density at radius 3 is 2.83 bits per heavy atom. The first-order chi connectivity index (χ1) is 8.69. The van der Waals surface area contributed by atoms with E-state index in [0.29, 0.717) is 12.1 Å². The fraction of sp³-hybridized carbons (Fsp3) is 0.154. The summed E-state index contributed by atoms with van der Waals surface area (Å²) < 4.78 is 6.31. The normalized spacial score (nSPS) is 10.1. The lowest BCUT2D eigenvalue weighted by molar-refractivity contribution is 0.0963. The van der Waals surface area contributed by atoms with E-state index < -0.39 is 0 Å². The molecule has 0 aliphatic rings. The van der Waals surface area contributed by atoms with Crippen LogP contribution < -0.4 is 10.6 Å². The zero-order valence-electron chi connectivity index (χ0n) is 9.87. The van der Waals surface area contributed by atoms with E-state index in [1.54, 1.807) is 13.1 Å². The van der Waals surface area contributed by atoms with E-state index in [-0.39, 0.29) is 5.91 Å². The summed E-state index contributed by atoms with van der Waals surface area (Å²) in [7, 11) is 1.62. The van der Waals surface area contributed by atoms with E-state index in [9.17, 15) is 4.79 Å². The second-order valence-electron chi connectivity index (χ2n) is 3.72. The molecule has 0 atom stereocenters. The van der Waals surface area contributed by atoms with Crippen LogP contribution in [0.1, 0.15) is 16.1 Å². The van der Waals surface area contributed by atoms with E-state index in [4.69, 9.17) is 4.42 Å². The summed E-state index contributed by atoms with van der Waals surface area (Å²) >= 11 is 2.13. The molecule has 0 radical (unpaired) electrons. The van der Waals surface area contributed by atoms with Crippen molar-refractivity contribution in [1.82, 2.24) is 5.32 Å². The van der Waals surface area contributed by atoms with Crippen LogP contribution in [0.4, 0.5) is 5.69 Å². The molecule has 1 aromatic heterocycles. The molecule has 0 bridgehead atoms. The van der Waals surface area contributed by atoms with Crippen LogP contribution >= 0.6 is 22.6 Å². The van der Waals surface area contributed by atoms with Gasteiger partial charge in [0, 0.05) is 18.3 Å². The number of carbonyl (C=O) groups is 1. The largest absolute Gasteiger partial charge is 0.454 e. The van der Waals surface area contributed by atoms with E-state index in [0.717, 1.165) is 15.2 Å². The van der Waals surface area contributed by atoms with Crippen LogP contribution in [0.25, 0.3) is 0 Å². The molecule has 18 heavy (non-hydrogen) atoms. The van der Waals surface area contributed by atoms with Crippen molar-refractivity contribution in [3.63, 3.8) is 0 Å². The van der Waals surface area contributed by atoms with Crippen LogP contribution in [0, 0.1) is 3.77 Å². The fourth-order valence-electron chi connectivity index (χ4n) is 1.55. The minimum absolute atomic E-state index is 0.0915. The molecule has 0 fully saturated rings. The molecule has 5 heteroatoms. The Morgan fingerprint density at radius 1 is 1.33 bits per heavy atom. The first-order valence-corrected chi connectivity index (χ1v) is 6.57. The minimum atomic E-state index is -0.0915. The predicted octanol–water partition coefficient (Wildman–Crippen LogP) is 2.86. The van der Waals surface area contributed by atoms with Crippen molar-refractivity contribution in [2.45, 2.75) is 6.54 Å². The number of benzene rings is 1. The van der Waals surface area contributed by atoms with E-state index in [1.807, 2.05) is 30.3 Å². The first kappa shape index (κ1) is 12.9. The number of hydrogen-bond donors (Lipinski definition) is 2. The Labute approximate surface area is 119 Å². The predicted molar refractivity (Wildman–Crippen MR) is 78.6 cm³/mol. The van der Waals surface area contributed by atoms with Crippen LogP contribution in [-0.2, 0) is 6.54 Å². The van der Waals surface area contributed by atoms with E-state index >= 15 is 0 Å². The number of rotatable bonds is 4. The molecule has 0 saturated heterocycles. The van der Waals surface area contributed by atoms with Crippen LogP contribution in [0.15, 0.2) is 40.8 Å².